The molecule has 3 N–H and O–H groups in total. The minimum Gasteiger partial charge on any atom is -0.554 e. The zero-order valence-corrected chi connectivity index (χ0v) is 6.33. The van der Waals surface area contributed by atoms with Crippen LogP contribution >= 0.6 is 0 Å². The molecule has 0 rings (SSSR count). The normalized spacial score (nSPS) is 3.00. The van der Waals surface area contributed by atoms with Crippen LogP contribution < -0.4 is 34.7 Å². The number of carbonyl (C=O) groups excluding carboxylic acids is 1. The van der Waals surface area contributed by atoms with Crippen molar-refractivity contribution in [1.29, 1.82) is 0 Å². The van der Waals surface area contributed by atoms with Crippen LogP contribution in [0, 0.1) is 0 Å². The van der Waals surface area contributed by atoms with Crippen molar-refractivity contribution >= 4 is 12.9 Å². The Morgan fingerprint density at radius 1 is 1.38 bits per heavy atom. The van der Waals surface area contributed by atoms with E-state index in [1.807, 2.05) is 0 Å². The van der Waals surface area contributed by atoms with E-state index in [9.17, 15) is 0 Å². The predicted octanol–water partition coefficient (Wildman–Crippen LogP) is -5.75. The fourth-order valence-electron chi connectivity index (χ4n) is 0. The molecule has 0 atom stereocenters. The van der Waals surface area contributed by atoms with Crippen LogP contribution in [0.1, 0.15) is 0 Å². The summed E-state index contributed by atoms with van der Waals surface area (Å²) in [5, 5.41) is 15.1. The minimum atomic E-state index is -0.500. The molecule has 0 amide bonds. The van der Waals surface area contributed by atoms with Crippen LogP contribution in [0.4, 0.5) is 0 Å². The standard InChI is InChI=1S/2CH2O2.Na.H2O/c2*2-1-3;;/h2*1H,(H,2,3);;1H2/q;;+1;/p-1. The summed E-state index contributed by atoms with van der Waals surface area (Å²) in [5.41, 5.74) is 0. The van der Waals surface area contributed by atoms with E-state index in [1.54, 1.807) is 0 Å². The summed E-state index contributed by atoms with van der Waals surface area (Å²) >= 11 is 0. The summed E-state index contributed by atoms with van der Waals surface area (Å²) in [7, 11) is 0. The molecule has 0 aliphatic carbocycles. The maximum atomic E-state index is 8.36. The predicted molar refractivity (Wildman–Crippen MR) is 18.4 cm³/mol. The third kappa shape index (κ3) is 14200. The summed E-state index contributed by atoms with van der Waals surface area (Å²) < 4.78 is 0. The molecule has 0 radical (unpaired) electrons. The van der Waals surface area contributed by atoms with Crippen molar-refractivity contribution in [3.8, 4) is 0 Å². The Balaban J connectivity index is -0.0000000160. The van der Waals surface area contributed by atoms with E-state index in [2.05, 4.69) is 0 Å². The Hall–Kier alpha value is -0.100. The molecule has 0 aliphatic rings. The van der Waals surface area contributed by atoms with Crippen molar-refractivity contribution in [1.82, 2.24) is 0 Å². The van der Waals surface area contributed by atoms with Gasteiger partial charge in [0.1, 0.15) is 0 Å². The first kappa shape index (κ1) is 24.7. The molecule has 5 nitrogen and oxygen atoms in total. The summed E-state index contributed by atoms with van der Waals surface area (Å²) in [6.07, 6.45) is 0. The van der Waals surface area contributed by atoms with E-state index in [1.165, 1.54) is 0 Å². The molecule has 0 aromatic heterocycles. The van der Waals surface area contributed by atoms with Crippen molar-refractivity contribution in [3.63, 3.8) is 0 Å². The van der Waals surface area contributed by atoms with Crippen molar-refractivity contribution in [3.05, 3.63) is 0 Å². The molecule has 0 unspecified atom stereocenters. The van der Waals surface area contributed by atoms with Gasteiger partial charge in [-0.1, -0.05) is 0 Å². The molecule has 0 aromatic rings. The maximum absolute atomic E-state index is 8.36. The van der Waals surface area contributed by atoms with E-state index in [4.69, 9.17) is 19.8 Å². The molecule has 0 spiro atoms. The van der Waals surface area contributed by atoms with Crippen molar-refractivity contribution < 1.29 is 54.8 Å². The number of hydrogen-bond acceptors (Lipinski definition) is 3. The molecule has 0 heterocycles. The van der Waals surface area contributed by atoms with E-state index >= 15 is 0 Å². The Bertz CT molecular complexity index is 31.4. The Kier molecular flexibility index (Phi) is 206. The Morgan fingerprint density at radius 2 is 1.38 bits per heavy atom. The van der Waals surface area contributed by atoms with Crippen LogP contribution in [-0.2, 0) is 9.59 Å². The number of hydrogen-bond donors (Lipinski definition) is 1. The molecule has 44 valence electrons. The molecular formula is C2H5NaO5. The van der Waals surface area contributed by atoms with Gasteiger partial charge in [0.2, 0.25) is 0 Å². The smallest absolute Gasteiger partial charge is 0.554 e. The zero-order chi connectivity index (χ0) is 5.41. The van der Waals surface area contributed by atoms with Crippen LogP contribution in [0.15, 0.2) is 0 Å². The van der Waals surface area contributed by atoms with Gasteiger partial charge in [-0.2, -0.15) is 0 Å². The third-order valence-electron chi connectivity index (χ3n) is 0. The van der Waals surface area contributed by atoms with Crippen LogP contribution in [0.3, 0.4) is 0 Å². The molecule has 0 fully saturated rings. The van der Waals surface area contributed by atoms with Crippen molar-refractivity contribution in [2.24, 2.45) is 0 Å². The average molecular weight is 132 g/mol. The van der Waals surface area contributed by atoms with Gasteiger partial charge in [0, 0.05) is 6.47 Å². The first-order chi connectivity index (χ1) is 2.83. The largest absolute Gasteiger partial charge is 1.00 e. The fraction of sp³-hybridized carbons (Fsp3) is 0. The molecular weight excluding hydrogens is 127 g/mol. The molecule has 8 heavy (non-hydrogen) atoms. The fourth-order valence-corrected chi connectivity index (χ4v) is 0. The Labute approximate surface area is 67.9 Å². The second-order valence-electron chi connectivity index (χ2n) is 0.202. The third-order valence-corrected chi connectivity index (χ3v) is 0. The van der Waals surface area contributed by atoms with Gasteiger partial charge >= 0.3 is 29.6 Å². The van der Waals surface area contributed by atoms with Gasteiger partial charge < -0.3 is 20.5 Å². The number of carbonyl (C=O) groups is 2. The molecule has 0 saturated heterocycles. The first-order valence-electron chi connectivity index (χ1n) is 0.965. The summed E-state index contributed by atoms with van der Waals surface area (Å²) in [5.74, 6) is 0. The van der Waals surface area contributed by atoms with Crippen LogP contribution in [-0.4, -0.2) is 23.5 Å². The van der Waals surface area contributed by atoms with Gasteiger partial charge in [-0.25, -0.2) is 0 Å². The van der Waals surface area contributed by atoms with Crippen LogP contribution in [0.5, 0.6) is 0 Å². The molecule has 0 saturated carbocycles. The van der Waals surface area contributed by atoms with Crippen molar-refractivity contribution in [2.75, 3.05) is 0 Å². The van der Waals surface area contributed by atoms with Gasteiger partial charge in [0.25, 0.3) is 6.47 Å². The van der Waals surface area contributed by atoms with Gasteiger partial charge in [0.15, 0.2) is 0 Å². The SMILES string of the molecule is O.O=CO.O=C[O-].[Na+]. The number of rotatable bonds is 0. The van der Waals surface area contributed by atoms with E-state index in [-0.39, 0.29) is 41.5 Å². The minimum absolute atomic E-state index is 0. The topological polar surface area (TPSA) is 109 Å². The van der Waals surface area contributed by atoms with E-state index in [0.29, 0.717) is 0 Å². The quantitative estimate of drug-likeness (QED) is 0.261. The van der Waals surface area contributed by atoms with Crippen LogP contribution in [0.2, 0.25) is 0 Å². The van der Waals surface area contributed by atoms with E-state index < -0.39 is 6.47 Å². The second kappa shape index (κ2) is 66.5. The molecule has 6 heteroatoms. The molecule has 0 aliphatic heterocycles. The van der Waals surface area contributed by atoms with Gasteiger partial charge in [0.05, 0.1) is 0 Å². The van der Waals surface area contributed by atoms with Gasteiger partial charge in [-0.3, -0.25) is 4.79 Å². The Morgan fingerprint density at radius 3 is 1.38 bits per heavy atom. The summed E-state index contributed by atoms with van der Waals surface area (Å²) in [6, 6.07) is 0. The molecule has 0 aromatic carbocycles. The van der Waals surface area contributed by atoms with Crippen molar-refractivity contribution in [2.45, 2.75) is 0 Å². The maximum Gasteiger partial charge on any atom is 1.00 e. The first-order valence-corrected chi connectivity index (χ1v) is 0.965. The molecule has 0 bridgehead atoms. The second-order valence-corrected chi connectivity index (χ2v) is 0.202. The van der Waals surface area contributed by atoms with Gasteiger partial charge in [-0.15, -0.1) is 0 Å². The van der Waals surface area contributed by atoms with E-state index in [0.717, 1.165) is 0 Å². The van der Waals surface area contributed by atoms with Gasteiger partial charge in [-0.05, 0) is 0 Å². The summed E-state index contributed by atoms with van der Waals surface area (Å²) in [6.45, 7) is -0.750. The number of carboxylic acid groups (broad SMARTS) is 2. The summed E-state index contributed by atoms with van der Waals surface area (Å²) in [4.78, 5) is 16.6. The van der Waals surface area contributed by atoms with Crippen LogP contribution in [0.25, 0.3) is 0 Å². The zero-order valence-electron chi connectivity index (χ0n) is 4.33. The average Bonchev–Trinajstić information content (AvgIpc) is 1.39. The monoisotopic (exact) mass is 132 g/mol.